The topological polar surface area (TPSA) is 43.7 Å². The van der Waals surface area contributed by atoms with Crippen molar-refractivity contribution < 1.29 is 10.3 Å². The van der Waals surface area contributed by atoms with Gasteiger partial charge in [0, 0.05) is 11.1 Å². The normalized spacial score (nSPS) is 19.5. The summed E-state index contributed by atoms with van der Waals surface area (Å²) in [4.78, 5) is 0. The molecule has 0 aliphatic heterocycles. The zero-order valence-corrected chi connectivity index (χ0v) is 10.3. The summed E-state index contributed by atoms with van der Waals surface area (Å²) in [6.45, 7) is 11.6. The molecule has 2 atom stereocenters. The van der Waals surface area contributed by atoms with E-state index in [9.17, 15) is 10.3 Å². The molecule has 0 aliphatic carbocycles. The van der Waals surface area contributed by atoms with E-state index >= 15 is 0 Å². The summed E-state index contributed by atoms with van der Waals surface area (Å²) in [5.74, 6) is 0. The van der Waals surface area contributed by atoms with E-state index < -0.39 is 6.10 Å². The van der Waals surface area contributed by atoms with Crippen LogP contribution in [0, 0.1) is 0 Å². The molecule has 2 unspecified atom stereocenters. The van der Waals surface area contributed by atoms with Crippen molar-refractivity contribution in [3.63, 3.8) is 0 Å². The molecular formula is C11H25NO2. The maximum Gasteiger partial charge on any atom is 0.0530 e. The molecule has 14 heavy (non-hydrogen) atoms. The van der Waals surface area contributed by atoms with Gasteiger partial charge in [0.05, 0.1) is 6.10 Å². The highest BCUT2D eigenvalue weighted by atomic mass is 16.5. The van der Waals surface area contributed by atoms with Crippen LogP contribution >= 0.6 is 0 Å². The van der Waals surface area contributed by atoms with Crippen LogP contribution in [0.25, 0.3) is 0 Å². The van der Waals surface area contributed by atoms with Crippen molar-refractivity contribution in [2.24, 2.45) is 0 Å². The molecule has 0 spiro atoms. The Hall–Kier alpha value is -0.120. The number of rotatable bonds is 4. The lowest BCUT2D eigenvalue weighted by molar-refractivity contribution is -0.230. The van der Waals surface area contributed by atoms with Crippen LogP contribution in [-0.2, 0) is 0 Å². The second-order valence-electron chi connectivity index (χ2n) is 5.39. The molecule has 86 valence electrons. The Morgan fingerprint density at radius 1 is 1.21 bits per heavy atom. The van der Waals surface area contributed by atoms with Gasteiger partial charge in [-0.25, -0.2) is 0 Å². The van der Waals surface area contributed by atoms with Crippen LogP contribution in [0.15, 0.2) is 0 Å². The summed E-state index contributed by atoms with van der Waals surface area (Å²) in [5.41, 5.74) is -0.647. The number of aliphatic hydroxyl groups is 1. The minimum atomic E-state index is -0.392. The Bertz CT molecular complexity index is 175. The van der Waals surface area contributed by atoms with E-state index in [1.54, 1.807) is 6.92 Å². The fourth-order valence-corrected chi connectivity index (χ4v) is 1.83. The first kappa shape index (κ1) is 13.9. The SMILES string of the molecule is CCC(C)(CC(C)O)N(O)C(C)(C)C. The first-order chi connectivity index (χ1) is 6.13. The van der Waals surface area contributed by atoms with Gasteiger partial charge in [0.2, 0.25) is 0 Å². The van der Waals surface area contributed by atoms with Crippen LogP contribution in [0.5, 0.6) is 0 Å². The molecule has 0 rings (SSSR count). The molecule has 0 bridgehead atoms. The number of nitrogens with zero attached hydrogens (tertiary/aromatic N) is 1. The van der Waals surface area contributed by atoms with Crippen LogP contribution < -0.4 is 0 Å². The summed E-state index contributed by atoms with van der Waals surface area (Å²) < 4.78 is 0. The summed E-state index contributed by atoms with van der Waals surface area (Å²) in [6.07, 6.45) is 1.00. The van der Waals surface area contributed by atoms with E-state index in [1.165, 1.54) is 5.06 Å². The molecule has 0 saturated heterocycles. The monoisotopic (exact) mass is 203 g/mol. The molecule has 0 heterocycles. The quantitative estimate of drug-likeness (QED) is 0.690. The highest BCUT2D eigenvalue weighted by Gasteiger charge is 2.37. The van der Waals surface area contributed by atoms with Crippen molar-refractivity contribution in [3.05, 3.63) is 0 Å². The molecule has 3 heteroatoms. The molecule has 2 N–H and O–H groups in total. The maximum absolute atomic E-state index is 10.1. The molecule has 0 radical (unpaired) electrons. The molecule has 0 aromatic heterocycles. The van der Waals surface area contributed by atoms with Gasteiger partial charge in [0.1, 0.15) is 0 Å². The van der Waals surface area contributed by atoms with Crippen molar-refractivity contribution in [3.8, 4) is 0 Å². The van der Waals surface area contributed by atoms with Crippen molar-refractivity contribution in [1.29, 1.82) is 0 Å². The summed E-state index contributed by atoms with van der Waals surface area (Å²) >= 11 is 0. The molecule has 0 aromatic carbocycles. The third-order valence-electron chi connectivity index (χ3n) is 2.64. The Kier molecular flexibility index (Phi) is 4.56. The highest BCUT2D eigenvalue weighted by molar-refractivity contribution is 4.88. The van der Waals surface area contributed by atoms with Crippen LogP contribution in [0.4, 0.5) is 0 Å². The van der Waals surface area contributed by atoms with E-state index in [-0.39, 0.29) is 11.1 Å². The first-order valence-corrected chi connectivity index (χ1v) is 5.31. The molecule has 0 fully saturated rings. The molecule has 0 aromatic rings. The standard InChI is InChI=1S/C11H25NO2/c1-7-11(6,8-9(2)13)12(14)10(3,4)5/h9,13-14H,7-8H2,1-6H3. The lowest BCUT2D eigenvalue weighted by atomic mass is 9.88. The lowest BCUT2D eigenvalue weighted by Crippen LogP contribution is -2.54. The van der Waals surface area contributed by atoms with Crippen LogP contribution in [0.3, 0.4) is 0 Å². The fraction of sp³-hybridized carbons (Fsp3) is 1.00. The van der Waals surface area contributed by atoms with Crippen molar-refractivity contribution >= 4 is 0 Å². The predicted molar refractivity (Wildman–Crippen MR) is 58.4 cm³/mol. The molecule has 0 amide bonds. The van der Waals surface area contributed by atoms with E-state index in [0.717, 1.165) is 6.42 Å². The van der Waals surface area contributed by atoms with E-state index in [2.05, 4.69) is 0 Å². The molecule has 0 saturated carbocycles. The average Bonchev–Trinajstić information content (AvgIpc) is 2.00. The van der Waals surface area contributed by atoms with Gasteiger partial charge in [0.25, 0.3) is 0 Å². The number of hydroxylamine groups is 2. The Morgan fingerprint density at radius 3 is 1.86 bits per heavy atom. The second kappa shape index (κ2) is 4.60. The number of hydrogen-bond donors (Lipinski definition) is 2. The van der Waals surface area contributed by atoms with E-state index in [0.29, 0.717) is 6.42 Å². The van der Waals surface area contributed by atoms with Crippen LogP contribution in [-0.4, -0.2) is 32.6 Å². The zero-order valence-electron chi connectivity index (χ0n) is 10.3. The molecular weight excluding hydrogens is 178 g/mol. The molecule has 0 aliphatic rings. The van der Waals surface area contributed by atoms with E-state index in [4.69, 9.17) is 0 Å². The average molecular weight is 203 g/mol. The third kappa shape index (κ3) is 3.56. The Balaban J connectivity index is 4.68. The van der Waals surface area contributed by atoms with Gasteiger partial charge >= 0.3 is 0 Å². The van der Waals surface area contributed by atoms with E-state index in [1.807, 2.05) is 34.6 Å². The number of aliphatic hydroxyl groups excluding tert-OH is 1. The molecule has 3 nitrogen and oxygen atoms in total. The Morgan fingerprint density at radius 2 is 1.64 bits per heavy atom. The minimum Gasteiger partial charge on any atom is -0.393 e. The van der Waals surface area contributed by atoms with Gasteiger partial charge < -0.3 is 10.3 Å². The zero-order chi connectivity index (χ0) is 11.6. The largest absolute Gasteiger partial charge is 0.393 e. The summed E-state index contributed by atoms with van der Waals surface area (Å²) in [5, 5.41) is 20.8. The third-order valence-corrected chi connectivity index (χ3v) is 2.64. The fourth-order valence-electron chi connectivity index (χ4n) is 1.83. The highest BCUT2D eigenvalue weighted by Crippen LogP contribution is 2.29. The maximum atomic E-state index is 10.1. The summed E-state index contributed by atoms with van der Waals surface area (Å²) in [6, 6.07) is 0. The lowest BCUT2D eigenvalue weighted by Gasteiger charge is -2.44. The van der Waals surface area contributed by atoms with Gasteiger partial charge in [-0.05, 0) is 47.5 Å². The minimum absolute atomic E-state index is 0.292. The number of hydrogen-bond acceptors (Lipinski definition) is 3. The first-order valence-electron chi connectivity index (χ1n) is 5.31. The van der Waals surface area contributed by atoms with Gasteiger partial charge in [0.15, 0.2) is 0 Å². The van der Waals surface area contributed by atoms with Crippen molar-refractivity contribution in [2.45, 2.75) is 71.6 Å². The summed E-state index contributed by atoms with van der Waals surface area (Å²) in [7, 11) is 0. The van der Waals surface area contributed by atoms with Crippen LogP contribution in [0.2, 0.25) is 0 Å². The smallest absolute Gasteiger partial charge is 0.0530 e. The Labute approximate surface area is 87.7 Å². The van der Waals surface area contributed by atoms with Gasteiger partial charge in [-0.1, -0.05) is 6.92 Å². The van der Waals surface area contributed by atoms with Crippen molar-refractivity contribution in [2.75, 3.05) is 0 Å². The second-order valence-corrected chi connectivity index (χ2v) is 5.39. The van der Waals surface area contributed by atoms with Crippen molar-refractivity contribution in [1.82, 2.24) is 5.06 Å². The van der Waals surface area contributed by atoms with Gasteiger partial charge in [-0.2, -0.15) is 5.06 Å². The predicted octanol–water partition coefficient (Wildman–Crippen LogP) is 2.42. The van der Waals surface area contributed by atoms with Gasteiger partial charge in [-0.15, -0.1) is 0 Å². The van der Waals surface area contributed by atoms with Crippen LogP contribution in [0.1, 0.15) is 54.4 Å². The van der Waals surface area contributed by atoms with Gasteiger partial charge in [-0.3, -0.25) is 0 Å².